The van der Waals surface area contributed by atoms with Gasteiger partial charge in [0.2, 0.25) is 0 Å². The van der Waals surface area contributed by atoms with Gasteiger partial charge in [-0.25, -0.2) is 4.39 Å². The van der Waals surface area contributed by atoms with Crippen molar-refractivity contribution in [1.82, 2.24) is 10.6 Å². The van der Waals surface area contributed by atoms with Gasteiger partial charge in [-0.05, 0) is 43.9 Å². The molecule has 1 saturated heterocycles. The minimum atomic E-state index is -4.59. The number of halogens is 5. The van der Waals surface area contributed by atoms with Crippen molar-refractivity contribution in [3.63, 3.8) is 0 Å². The molecule has 0 bridgehead atoms. The normalized spacial score (nSPS) is 28.6. The van der Waals surface area contributed by atoms with Crippen molar-refractivity contribution in [3.8, 4) is 0 Å². The first-order chi connectivity index (χ1) is 12.6. The van der Waals surface area contributed by atoms with Gasteiger partial charge in [-0.15, -0.1) is 0 Å². The number of hydrogen-bond donors (Lipinski definition) is 2. The molecule has 1 saturated carbocycles. The third kappa shape index (κ3) is 3.85. The highest BCUT2D eigenvalue weighted by molar-refractivity contribution is 6.32. The van der Waals surface area contributed by atoms with Gasteiger partial charge in [-0.3, -0.25) is 4.79 Å². The van der Waals surface area contributed by atoms with E-state index in [0.29, 0.717) is 12.8 Å². The van der Waals surface area contributed by atoms with Crippen LogP contribution in [0, 0.1) is 5.92 Å². The minimum absolute atomic E-state index is 0.0246. The summed E-state index contributed by atoms with van der Waals surface area (Å²) in [7, 11) is 0. The lowest BCUT2D eigenvalue weighted by molar-refractivity contribution is -0.140. The average Bonchev–Trinajstić information content (AvgIpc) is 2.63. The summed E-state index contributed by atoms with van der Waals surface area (Å²) >= 11 is 5.84. The molecule has 2 aliphatic rings. The predicted molar refractivity (Wildman–Crippen MR) is 95.0 cm³/mol. The van der Waals surface area contributed by atoms with E-state index >= 15 is 4.39 Å². The van der Waals surface area contributed by atoms with Crippen molar-refractivity contribution < 1.29 is 22.4 Å². The molecular formula is C19H21ClF4N2O. The fourth-order valence-corrected chi connectivity index (χ4v) is 4.33. The third-order valence-electron chi connectivity index (χ3n) is 5.50. The summed E-state index contributed by atoms with van der Waals surface area (Å²) in [5.41, 5.74) is -2.06. The Morgan fingerprint density at radius 1 is 1.41 bits per heavy atom. The van der Waals surface area contributed by atoms with Crippen LogP contribution in [-0.2, 0) is 17.5 Å². The van der Waals surface area contributed by atoms with Crippen LogP contribution in [0.1, 0.15) is 36.8 Å². The molecule has 3 rings (SSSR count). The number of benzene rings is 1. The van der Waals surface area contributed by atoms with Crippen LogP contribution in [0.2, 0.25) is 5.02 Å². The molecule has 1 amide bonds. The first-order valence-electron chi connectivity index (χ1n) is 8.87. The zero-order valence-electron chi connectivity index (χ0n) is 14.6. The Hall–Kier alpha value is -1.60. The monoisotopic (exact) mass is 404 g/mol. The van der Waals surface area contributed by atoms with Crippen molar-refractivity contribution in [1.29, 1.82) is 0 Å². The lowest BCUT2D eigenvalue weighted by Crippen LogP contribution is -2.60. The molecule has 2 N–H and O–H groups in total. The quantitative estimate of drug-likeness (QED) is 0.579. The number of alkyl halides is 4. The molecule has 3 nitrogen and oxygen atoms in total. The second-order valence-electron chi connectivity index (χ2n) is 7.16. The topological polar surface area (TPSA) is 41.1 Å². The minimum Gasteiger partial charge on any atom is -0.349 e. The maximum atomic E-state index is 15.6. The largest absolute Gasteiger partial charge is 0.417 e. The van der Waals surface area contributed by atoms with E-state index in [2.05, 4.69) is 17.2 Å². The van der Waals surface area contributed by atoms with Gasteiger partial charge in [0, 0.05) is 18.5 Å². The van der Waals surface area contributed by atoms with Gasteiger partial charge in [0.1, 0.15) is 0 Å². The number of nitrogens with one attached hydrogen (secondary N) is 2. The van der Waals surface area contributed by atoms with E-state index < -0.39 is 34.3 Å². The molecule has 0 radical (unpaired) electrons. The van der Waals surface area contributed by atoms with Crippen LogP contribution < -0.4 is 10.6 Å². The van der Waals surface area contributed by atoms with Crippen LogP contribution in [0.3, 0.4) is 0 Å². The Bertz CT molecular complexity index is 752. The van der Waals surface area contributed by atoms with E-state index in [9.17, 15) is 18.0 Å². The van der Waals surface area contributed by atoms with Crippen LogP contribution in [0.15, 0.2) is 30.4 Å². The smallest absolute Gasteiger partial charge is 0.349 e. The van der Waals surface area contributed by atoms with Gasteiger partial charge < -0.3 is 10.6 Å². The summed E-state index contributed by atoms with van der Waals surface area (Å²) in [5, 5.41) is 5.20. The fraction of sp³-hybridized carbons (Fsp3) is 0.526. The Labute approximate surface area is 160 Å². The summed E-state index contributed by atoms with van der Waals surface area (Å²) in [6, 6.07) is 3.22. The Kier molecular flexibility index (Phi) is 5.54. The van der Waals surface area contributed by atoms with Crippen molar-refractivity contribution >= 4 is 17.5 Å². The Balaban J connectivity index is 1.75. The number of fused-ring (bicyclic) bond motifs is 1. The lowest BCUT2D eigenvalue weighted by atomic mass is 9.68. The lowest BCUT2D eigenvalue weighted by Gasteiger charge is -2.45. The van der Waals surface area contributed by atoms with E-state index in [1.54, 1.807) is 0 Å². The summed E-state index contributed by atoms with van der Waals surface area (Å²) in [4.78, 5) is 12.6. The van der Waals surface area contributed by atoms with E-state index in [1.165, 1.54) is 12.1 Å². The van der Waals surface area contributed by atoms with Gasteiger partial charge in [0.25, 0.3) is 5.91 Å². The molecule has 0 aromatic heterocycles. The third-order valence-corrected chi connectivity index (χ3v) is 5.94. The summed E-state index contributed by atoms with van der Waals surface area (Å²) in [6.07, 6.45) is -2.86. The van der Waals surface area contributed by atoms with Crippen molar-refractivity contribution in [2.45, 2.75) is 50.1 Å². The average molecular weight is 405 g/mol. The second kappa shape index (κ2) is 7.43. The van der Waals surface area contributed by atoms with Crippen LogP contribution in [0.5, 0.6) is 0 Å². The fourth-order valence-electron chi connectivity index (χ4n) is 4.03. The molecule has 1 aliphatic carbocycles. The van der Waals surface area contributed by atoms with Crippen LogP contribution in [0.4, 0.5) is 17.6 Å². The number of hydrogen-bond acceptors (Lipinski definition) is 2. The molecule has 3 atom stereocenters. The van der Waals surface area contributed by atoms with E-state index in [0.717, 1.165) is 24.6 Å². The first-order valence-corrected chi connectivity index (χ1v) is 9.25. The summed E-state index contributed by atoms with van der Waals surface area (Å²) in [6.45, 7) is 4.46. The van der Waals surface area contributed by atoms with E-state index in [1.807, 2.05) is 0 Å². The second-order valence-corrected chi connectivity index (χ2v) is 7.54. The van der Waals surface area contributed by atoms with Crippen LogP contribution in [0.25, 0.3) is 0 Å². The van der Waals surface area contributed by atoms with Crippen LogP contribution >= 0.6 is 11.6 Å². The highest BCUT2D eigenvalue weighted by Crippen LogP contribution is 2.43. The zero-order chi connectivity index (χ0) is 19.8. The highest BCUT2D eigenvalue weighted by atomic mass is 35.5. The van der Waals surface area contributed by atoms with Gasteiger partial charge >= 0.3 is 6.18 Å². The molecule has 0 spiro atoms. The number of rotatable bonds is 3. The molecule has 3 unspecified atom stereocenters. The van der Waals surface area contributed by atoms with Crippen LogP contribution in [-0.4, -0.2) is 24.2 Å². The van der Waals surface area contributed by atoms with Gasteiger partial charge in [0.05, 0.1) is 10.6 Å². The number of amides is 1. The molecular weight excluding hydrogens is 384 g/mol. The Morgan fingerprint density at radius 2 is 2.15 bits per heavy atom. The molecule has 8 heteroatoms. The maximum absolute atomic E-state index is 15.6. The van der Waals surface area contributed by atoms with Crippen molar-refractivity contribution in [2.24, 2.45) is 5.92 Å². The predicted octanol–water partition coefficient (Wildman–Crippen LogP) is 4.40. The molecule has 1 heterocycles. The zero-order valence-corrected chi connectivity index (χ0v) is 15.4. The molecule has 1 aromatic rings. The maximum Gasteiger partial charge on any atom is 0.417 e. The van der Waals surface area contributed by atoms with Gasteiger partial charge in [0.15, 0.2) is 5.67 Å². The van der Waals surface area contributed by atoms with Gasteiger partial charge in [-0.2, -0.15) is 13.2 Å². The van der Waals surface area contributed by atoms with Crippen molar-refractivity contribution in [3.05, 3.63) is 46.5 Å². The molecule has 1 aliphatic heterocycles. The van der Waals surface area contributed by atoms with E-state index in [-0.39, 0.29) is 24.6 Å². The SMILES string of the molecule is C=C1CCC(F)(C(=O)NCc2cccc(C(F)(F)F)c2Cl)C2CCCNC12. The molecule has 27 heavy (non-hydrogen) atoms. The van der Waals surface area contributed by atoms with Crippen molar-refractivity contribution in [2.75, 3.05) is 6.54 Å². The van der Waals surface area contributed by atoms with Gasteiger partial charge in [-0.1, -0.05) is 35.9 Å². The number of carbonyl (C=O) groups excluding carboxylic acids is 1. The first kappa shape index (κ1) is 20.1. The molecule has 148 valence electrons. The Morgan fingerprint density at radius 3 is 2.85 bits per heavy atom. The highest BCUT2D eigenvalue weighted by Gasteiger charge is 2.53. The summed E-state index contributed by atoms with van der Waals surface area (Å²) in [5.74, 6) is -1.33. The standard InChI is InChI=1S/C19H21ClF4N2O/c1-11-7-8-18(21,14-6-3-9-25-16(11)14)17(27)26-10-12-4-2-5-13(15(12)20)19(22,23)24/h2,4-5,14,16,25H,1,3,6-10H2,(H,26,27). The summed E-state index contributed by atoms with van der Waals surface area (Å²) < 4.78 is 54.5. The number of piperidine rings is 1. The molecule has 1 aromatic carbocycles. The molecule has 2 fully saturated rings. The van der Waals surface area contributed by atoms with E-state index in [4.69, 9.17) is 11.6 Å². The number of carbonyl (C=O) groups is 1.